The highest BCUT2D eigenvalue weighted by molar-refractivity contribution is 6.30. The molecule has 2 aromatic rings. The summed E-state index contributed by atoms with van der Waals surface area (Å²) in [6.07, 6.45) is 0.716. The summed E-state index contributed by atoms with van der Waals surface area (Å²) in [4.78, 5) is 0. The van der Waals surface area contributed by atoms with Gasteiger partial charge >= 0.3 is 0 Å². The van der Waals surface area contributed by atoms with Gasteiger partial charge in [0.2, 0.25) is 0 Å². The molecule has 2 nitrogen and oxygen atoms in total. The molecule has 3 rings (SSSR count). The van der Waals surface area contributed by atoms with Crippen molar-refractivity contribution in [1.82, 2.24) is 0 Å². The molecule has 0 saturated carbocycles. The van der Waals surface area contributed by atoms with Crippen LogP contribution in [-0.2, 0) is 15.9 Å². The Balaban J connectivity index is 1.70. The van der Waals surface area contributed by atoms with Crippen LogP contribution in [0.4, 0.5) is 0 Å². The molecule has 1 aliphatic heterocycles. The quantitative estimate of drug-likeness (QED) is 0.843. The second-order valence-corrected chi connectivity index (χ2v) is 5.05. The van der Waals surface area contributed by atoms with Crippen molar-refractivity contribution in [3.8, 4) is 0 Å². The van der Waals surface area contributed by atoms with Crippen LogP contribution in [0.15, 0.2) is 48.5 Å². The van der Waals surface area contributed by atoms with E-state index < -0.39 is 0 Å². The standard InChI is InChI=1S/C16H15ClO2/c17-15-7-3-13(4-8-15)11-12-1-5-14(6-2-12)16-18-9-10-19-16/h1-8,16H,9-11H2. The van der Waals surface area contributed by atoms with Crippen LogP contribution in [0.1, 0.15) is 23.0 Å². The predicted molar refractivity (Wildman–Crippen MR) is 75.3 cm³/mol. The topological polar surface area (TPSA) is 18.5 Å². The van der Waals surface area contributed by atoms with E-state index in [1.165, 1.54) is 11.1 Å². The molecule has 19 heavy (non-hydrogen) atoms. The Morgan fingerprint density at radius 2 is 1.37 bits per heavy atom. The summed E-state index contributed by atoms with van der Waals surface area (Å²) >= 11 is 5.88. The molecule has 1 aliphatic rings. The molecule has 0 radical (unpaired) electrons. The molecule has 0 atom stereocenters. The van der Waals surface area contributed by atoms with Crippen molar-refractivity contribution in [1.29, 1.82) is 0 Å². The summed E-state index contributed by atoms with van der Waals surface area (Å²) in [7, 11) is 0. The van der Waals surface area contributed by atoms with Gasteiger partial charge in [-0.15, -0.1) is 0 Å². The van der Waals surface area contributed by atoms with Crippen molar-refractivity contribution in [3.05, 3.63) is 70.2 Å². The van der Waals surface area contributed by atoms with Gasteiger partial charge in [0.15, 0.2) is 6.29 Å². The highest BCUT2D eigenvalue weighted by atomic mass is 35.5. The Morgan fingerprint density at radius 3 is 1.95 bits per heavy atom. The van der Waals surface area contributed by atoms with Gasteiger partial charge in [0, 0.05) is 10.6 Å². The summed E-state index contributed by atoms with van der Waals surface area (Å²) in [5.41, 5.74) is 3.60. The van der Waals surface area contributed by atoms with E-state index in [-0.39, 0.29) is 6.29 Å². The van der Waals surface area contributed by atoms with E-state index in [4.69, 9.17) is 21.1 Å². The zero-order chi connectivity index (χ0) is 13.1. The molecular weight excluding hydrogens is 260 g/mol. The summed E-state index contributed by atoms with van der Waals surface area (Å²) in [5.74, 6) is 0. The molecule has 2 aromatic carbocycles. The lowest BCUT2D eigenvalue weighted by atomic mass is 10.0. The third-order valence-electron chi connectivity index (χ3n) is 3.20. The van der Waals surface area contributed by atoms with Crippen LogP contribution in [0.3, 0.4) is 0 Å². The number of benzene rings is 2. The Labute approximate surface area is 117 Å². The number of halogens is 1. The van der Waals surface area contributed by atoms with Gasteiger partial charge < -0.3 is 9.47 Å². The minimum atomic E-state index is -0.190. The van der Waals surface area contributed by atoms with Gasteiger partial charge in [-0.3, -0.25) is 0 Å². The molecule has 0 spiro atoms. The minimum Gasteiger partial charge on any atom is -0.346 e. The number of hydrogen-bond donors (Lipinski definition) is 0. The first-order valence-electron chi connectivity index (χ1n) is 6.38. The van der Waals surface area contributed by atoms with Gasteiger partial charge in [-0.05, 0) is 29.7 Å². The van der Waals surface area contributed by atoms with Crippen LogP contribution in [0.25, 0.3) is 0 Å². The SMILES string of the molecule is Clc1ccc(Cc2ccc(C3OCCO3)cc2)cc1. The molecule has 98 valence electrons. The molecular formula is C16H15ClO2. The first kappa shape index (κ1) is 12.7. The Hall–Kier alpha value is -1.35. The maximum absolute atomic E-state index is 5.88. The van der Waals surface area contributed by atoms with E-state index >= 15 is 0 Å². The zero-order valence-electron chi connectivity index (χ0n) is 10.5. The first-order chi connectivity index (χ1) is 9.31. The largest absolute Gasteiger partial charge is 0.346 e. The lowest BCUT2D eigenvalue weighted by molar-refractivity contribution is -0.0441. The highest BCUT2D eigenvalue weighted by Gasteiger charge is 2.17. The minimum absolute atomic E-state index is 0.190. The van der Waals surface area contributed by atoms with E-state index in [1.807, 2.05) is 12.1 Å². The normalized spacial score (nSPS) is 15.8. The van der Waals surface area contributed by atoms with Crippen LogP contribution >= 0.6 is 11.6 Å². The Kier molecular flexibility index (Phi) is 3.83. The molecule has 3 heteroatoms. The third kappa shape index (κ3) is 3.16. The smallest absolute Gasteiger partial charge is 0.184 e. The van der Waals surface area contributed by atoms with Crippen molar-refractivity contribution < 1.29 is 9.47 Å². The zero-order valence-corrected chi connectivity index (χ0v) is 11.3. The van der Waals surface area contributed by atoms with E-state index in [9.17, 15) is 0 Å². The van der Waals surface area contributed by atoms with Gasteiger partial charge in [0.1, 0.15) is 0 Å². The van der Waals surface area contributed by atoms with E-state index in [0.717, 1.165) is 17.0 Å². The Bertz CT molecular complexity index is 528. The average molecular weight is 275 g/mol. The second-order valence-electron chi connectivity index (χ2n) is 4.62. The van der Waals surface area contributed by atoms with Crippen LogP contribution in [0, 0.1) is 0 Å². The van der Waals surface area contributed by atoms with Crippen molar-refractivity contribution in [2.45, 2.75) is 12.7 Å². The maximum Gasteiger partial charge on any atom is 0.184 e. The van der Waals surface area contributed by atoms with Crippen LogP contribution in [-0.4, -0.2) is 13.2 Å². The van der Waals surface area contributed by atoms with Crippen LogP contribution in [0.2, 0.25) is 5.02 Å². The monoisotopic (exact) mass is 274 g/mol. The number of ether oxygens (including phenoxy) is 2. The van der Waals surface area contributed by atoms with Gasteiger partial charge in [0.25, 0.3) is 0 Å². The van der Waals surface area contributed by atoms with Crippen LogP contribution in [0.5, 0.6) is 0 Å². The number of hydrogen-bond acceptors (Lipinski definition) is 2. The summed E-state index contributed by atoms with van der Waals surface area (Å²) in [5, 5.41) is 0.773. The van der Waals surface area contributed by atoms with Crippen LogP contribution < -0.4 is 0 Å². The van der Waals surface area contributed by atoms with Crippen molar-refractivity contribution in [3.63, 3.8) is 0 Å². The maximum atomic E-state index is 5.88. The first-order valence-corrected chi connectivity index (χ1v) is 6.75. The lowest BCUT2D eigenvalue weighted by Crippen LogP contribution is -1.98. The second kappa shape index (κ2) is 5.74. The van der Waals surface area contributed by atoms with Crippen molar-refractivity contribution >= 4 is 11.6 Å². The van der Waals surface area contributed by atoms with Gasteiger partial charge in [-0.2, -0.15) is 0 Å². The lowest BCUT2D eigenvalue weighted by Gasteiger charge is -2.10. The Morgan fingerprint density at radius 1 is 0.842 bits per heavy atom. The highest BCUT2D eigenvalue weighted by Crippen LogP contribution is 2.24. The number of rotatable bonds is 3. The molecule has 1 saturated heterocycles. The predicted octanol–water partition coefficient (Wildman–Crippen LogP) is 3.98. The molecule has 0 bridgehead atoms. The summed E-state index contributed by atoms with van der Waals surface area (Å²) in [6.45, 7) is 1.36. The summed E-state index contributed by atoms with van der Waals surface area (Å²) < 4.78 is 10.9. The molecule has 0 N–H and O–H groups in total. The van der Waals surface area contributed by atoms with Gasteiger partial charge in [0.05, 0.1) is 13.2 Å². The van der Waals surface area contributed by atoms with E-state index in [2.05, 4.69) is 36.4 Å². The van der Waals surface area contributed by atoms with E-state index in [0.29, 0.717) is 13.2 Å². The summed E-state index contributed by atoms with van der Waals surface area (Å²) in [6, 6.07) is 16.3. The fraction of sp³-hybridized carbons (Fsp3) is 0.250. The molecule has 0 amide bonds. The molecule has 0 aromatic heterocycles. The van der Waals surface area contributed by atoms with Crippen molar-refractivity contribution in [2.24, 2.45) is 0 Å². The fourth-order valence-electron chi connectivity index (χ4n) is 2.18. The van der Waals surface area contributed by atoms with Gasteiger partial charge in [-0.25, -0.2) is 0 Å². The van der Waals surface area contributed by atoms with Gasteiger partial charge in [-0.1, -0.05) is 48.0 Å². The fourth-order valence-corrected chi connectivity index (χ4v) is 2.31. The molecule has 1 heterocycles. The van der Waals surface area contributed by atoms with Crippen molar-refractivity contribution in [2.75, 3.05) is 13.2 Å². The molecule has 0 unspecified atom stereocenters. The average Bonchev–Trinajstić information content (AvgIpc) is 2.96. The van der Waals surface area contributed by atoms with E-state index in [1.54, 1.807) is 0 Å². The molecule has 0 aliphatic carbocycles. The third-order valence-corrected chi connectivity index (χ3v) is 3.45. The molecule has 1 fully saturated rings.